The summed E-state index contributed by atoms with van der Waals surface area (Å²) in [5.41, 5.74) is 7.75. The first-order valence-electron chi connectivity index (χ1n) is 5.70. The van der Waals surface area contributed by atoms with Crippen LogP contribution in [0.2, 0.25) is 0 Å². The molecule has 0 saturated heterocycles. The van der Waals surface area contributed by atoms with Crippen LogP contribution < -0.4 is 11.1 Å². The fourth-order valence-corrected chi connectivity index (χ4v) is 2.24. The lowest BCUT2D eigenvalue weighted by molar-refractivity contribution is 0.252. The number of hydrogen-bond acceptors (Lipinski definition) is 4. The number of alkyl halides is 2. The van der Waals surface area contributed by atoms with Gasteiger partial charge in [0.25, 0.3) is 5.76 Å². The van der Waals surface area contributed by atoms with Gasteiger partial charge in [-0.05, 0) is 30.3 Å². The molecule has 0 atom stereocenters. The maximum atomic E-state index is 12.5. The van der Waals surface area contributed by atoms with E-state index in [1.54, 1.807) is 42.5 Å². The van der Waals surface area contributed by atoms with E-state index in [2.05, 4.69) is 5.32 Å². The van der Waals surface area contributed by atoms with Gasteiger partial charge in [-0.1, -0.05) is 23.9 Å². The Morgan fingerprint density at radius 3 is 2.60 bits per heavy atom. The fraction of sp³-hybridized carbons (Fsp3) is 0.0714. The first kappa shape index (κ1) is 14.2. The minimum atomic E-state index is -2.50. The molecule has 0 bridgehead atoms. The zero-order valence-electron chi connectivity index (χ0n) is 10.3. The second-order valence-corrected chi connectivity index (χ2v) is 4.95. The number of para-hydroxylation sites is 1. The molecule has 0 radical (unpaired) electrons. The molecule has 6 heteroatoms. The lowest BCUT2D eigenvalue weighted by Gasteiger charge is -2.13. The number of nitrogen functional groups attached to an aromatic ring is 1. The van der Waals surface area contributed by atoms with E-state index in [9.17, 15) is 8.78 Å². The molecular formula is C14H11F2N3S. The van der Waals surface area contributed by atoms with E-state index in [0.717, 1.165) is 0 Å². The maximum Gasteiger partial charge on any atom is 0.288 e. The van der Waals surface area contributed by atoms with Crippen molar-refractivity contribution in [2.45, 2.75) is 10.7 Å². The van der Waals surface area contributed by atoms with Crippen molar-refractivity contribution in [1.29, 1.82) is 5.26 Å². The average molecular weight is 291 g/mol. The zero-order valence-corrected chi connectivity index (χ0v) is 11.1. The predicted octanol–water partition coefficient (Wildman–Crippen LogP) is 4.20. The summed E-state index contributed by atoms with van der Waals surface area (Å²) in [6.45, 7) is 0. The zero-order chi connectivity index (χ0) is 14.5. The molecule has 0 aliphatic heterocycles. The van der Waals surface area contributed by atoms with Crippen LogP contribution in [0.15, 0.2) is 47.4 Å². The van der Waals surface area contributed by atoms with Crippen molar-refractivity contribution in [3.8, 4) is 6.07 Å². The van der Waals surface area contributed by atoms with E-state index in [0.29, 0.717) is 39.3 Å². The van der Waals surface area contributed by atoms with Crippen LogP contribution in [0.4, 0.5) is 25.8 Å². The van der Waals surface area contributed by atoms with Gasteiger partial charge in [0.05, 0.1) is 28.7 Å². The molecule has 20 heavy (non-hydrogen) atoms. The Kier molecular flexibility index (Phi) is 4.43. The molecule has 0 spiro atoms. The number of thioether (sulfide) groups is 1. The number of halogens is 2. The third-order valence-electron chi connectivity index (χ3n) is 2.55. The monoisotopic (exact) mass is 291 g/mol. The first-order valence-corrected chi connectivity index (χ1v) is 6.58. The summed E-state index contributed by atoms with van der Waals surface area (Å²) < 4.78 is 25.0. The second-order valence-electron chi connectivity index (χ2n) is 3.91. The lowest BCUT2D eigenvalue weighted by atomic mass is 10.2. The summed E-state index contributed by atoms with van der Waals surface area (Å²) in [7, 11) is 0. The van der Waals surface area contributed by atoms with Crippen LogP contribution in [0.3, 0.4) is 0 Å². The molecule has 2 aromatic carbocycles. The van der Waals surface area contributed by atoms with Crippen LogP contribution in [0, 0.1) is 11.3 Å². The maximum absolute atomic E-state index is 12.5. The third kappa shape index (κ3) is 3.39. The molecule has 0 fully saturated rings. The minimum absolute atomic E-state index is 0.421. The van der Waals surface area contributed by atoms with Gasteiger partial charge >= 0.3 is 0 Å². The Morgan fingerprint density at radius 1 is 1.15 bits per heavy atom. The van der Waals surface area contributed by atoms with E-state index in [4.69, 9.17) is 11.0 Å². The Labute approximate surface area is 119 Å². The van der Waals surface area contributed by atoms with E-state index in [1.165, 1.54) is 0 Å². The highest BCUT2D eigenvalue weighted by Gasteiger charge is 2.10. The number of rotatable bonds is 4. The minimum Gasteiger partial charge on any atom is -0.397 e. The van der Waals surface area contributed by atoms with Gasteiger partial charge in [-0.2, -0.15) is 14.0 Å². The highest BCUT2D eigenvalue weighted by Crippen LogP contribution is 2.34. The summed E-state index contributed by atoms with van der Waals surface area (Å²) in [4.78, 5) is 0.421. The SMILES string of the molecule is N#Cc1ccc(N)c(Nc2ccccc2SC(F)F)c1. The summed E-state index contributed by atoms with van der Waals surface area (Å²) in [5, 5.41) is 11.9. The highest BCUT2D eigenvalue weighted by atomic mass is 32.2. The molecule has 0 aliphatic carbocycles. The van der Waals surface area contributed by atoms with Crippen molar-refractivity contribution in [3.05, 3.63) is 48.0 Å². The van der Waals surface area contributed by atoms with Gasteiger partial charge in [0.1, 0.15) is 0 Å². The number of nitrogens with zero attached hydrogens (tertiary/aromatic N) is 1. The normalized spacial score (nSPS) is 10.3. The molecule has 0 saturated carbocycles. The number of nitrogens with two attached hydrogens (primary N) is 1. The molecule has 0 heterocycles. The molecule has 0 aromatic heterocycles. The van der Waals surface area contributed by atoms with E-state index >= 15 is 0 Å². The van der Waals surface area contributed by atoms with Crippen LogP contribution in [0.5, 0.6) is 0 Å². The average Bonchev–Trinajstić information content (AvgIpc) is 2.43. The molecule has 0 aliphatic rings. The summed E-state index contributed by atoms with van der Waals surface area (Å²) >= 11 is 0.458. The topological polar surface area (TPSA) is 61.8 Å². The van der Waals surface area contributed by atoms with Crippen molar-refractivity contribution in [2.75, 3.05) is 11.1 Å². The van der Waals surface area contributed by atoms with Crippen LogP contribution in [0.1, 0.15) is 5.56 Å². The predicted molar refractivity (Wildman–Crippen MR) is 77.2 cm³/mol. The van der Waals surface area contributed by atoms with Crippen LogP contribution in [0.25, 0.3) is 0 Å². The largest absolute Gasteiger partial charge is 0.397 e. The van der Waals surface area contributed by atoms with Crippen molar-refractivity contribution in [3.63, 3.8) is 0 Å². The Bertz CT molecular complexity index is 653. The molecule has 102 valence electrons. The highest BCUT2D eigenvalue weighted by molar-refractivity contribution is 7.99. The molecule has 0 amide bonds. The van der Waals surface area contributed by atoms with Crippen molar-refractivity contribution < 1.29 is 8.78 Å². The number of hydrogen-bond donors (Lipinski definition) is 2. The second kappa shape index (κ2) is 6.26. The fourth-order valence-electron chi connectivity index (χ4n) is 1.65. The van der Waals surface area contributed by atoms with Gasteiger partial charge in [-0.25, -0.2) is 0 Å². The van der Waals surface area contributed by atoms with E-state index in [1.807, 2.05) is 6.07 Å². The molecule has 2 rings (SSSR count). The quantitative estimate of drug-likeness (QED) is 0.654. The lowest BCUT2D eigenvalue weighted by Crippen LogP contribution is -1.98. The Hall–Kier alpha value is -2.26. The van der Waals surface area contributed by atoms with Crippen LogP contribution >= 0.6 is 11.8 Å². The van der Waals surface area contributed by atoms with Gasteiger partial charge in [0.15, 0.2) is 0 Å². The van der Waals surface area contributed by atoms with Crippen LogP contribution in [-0.2, 0) is 0 Å². The third-order valence-corrected chi connectivity index (χ3v) is 3.34. The molecule has 3 N–H and O–H groups in total. The van der Waals surface area contributed by atoms with Gasteiger partial charge in [-0.15, -0.1) is 0 Å². The van der Waals surface area contributed by atoms with Gasteiger partial charge in [0, 0.05) is 4.90 Å². The van der Waals surface area contributed by atoms with Gasteiger partial charge < -0.3 is 11.1 Å². The molecule has 0 unspecified atom stereocenters. The van der Waals surface area contributed by atoms with Crippen LogP contribution in [-0.4, -0.2) is 5.76 Å². The Morgan fingerprint density at radius 2 is 1.90 bits per heavy atom. The number of nitrogens with one attached hydrogen (secondary N) is 1. The van der Waals surface area contributed by atoms with Gasteiger partial charge in [0.2, 0.25) is 0 Å². The summed E-state index contributed by atoms with van der Waals surface area (Å²) in [6.07, 6.45) is 0. The van der Waals surface area contributed by atoms with Crippen molar-refractivity contribution in [2.24, 2.45) is 0 Å². The molecular weight excluding hydrogens is 280 g/mol. The van der Waals surface area contributed by atoms with E-state index in [-0.39, 0.29) is 0 Å². The number of nitriles is 1. The molecule has 3 nitrogen and oxygen atoms in total. The molecule has 2 aromatic rings. The van der Waals surface area contributed by atoms with Gasteiger partial charge in [-0.3, -0.25) is 0 Å². The first-order chi connectivity index (χ1) is 9.60. The van der Waals surface area contributed by atoms with E-state index < -0.39 is 5.76 Å². The Balaban J connectivity index is 2.33. The smallest absolute Gasteiger partial charge is 0.288 e. The summed E-state index contributed by atoms with van der Waals surface area (Å²) in [5.74, 6) is -2.50. The number of anilines is 3. The van der Waals surface area contributed by atoms with Crippen molar-refractivity contribution in [1.82, 2.24) is 0 Å². The van der Waals surface area contributed by atoms with Crippen molar-refractivity contribution >= 4 is 28.8 Å². The standard InChI is InChI=1S/C14H11F2N3S/c15-14(16)20-13-4-2-1-3-11(13)19-12-7-9(8-17)5-6-10(12)18/h1-7,14,19H,18H2. The summed E-state index contributed by atoms with van der Waals surface area (Å²) in [6, 6.07) is 13.5. The number of benzene rings is 2.